The molecule has 342 valence electrons. The molecule has 0 bridgehead atoms. The monoisotopic (exact) mass is 841 g/mol. The summed E-state index contributed by atoms with van der Waals surface area (Å²) in [5.41, 5.74) is 0. The zero-order valence-corrected chi connectivity index (χ0v) is 37.4. The van der Waals surface area contributed by atoms with Crippen LogP contribution in [0.1, 0.15) is 155 Å². The van der Waals surface area contributed by atoms with Crippen LogP contribution in [0.25, 0.3) is 0 Å². The highest BCUT2D eigenvalue weighted by molar-refractivity contribution is 5.69. The summed E-state index contributed by atoms with van der Waals surface area (Å²) in [6.07, 6.45) is 50.0. The van der Waals surface area contributed by atoms with Crippen LogP contribution >= 0.6 is 0 Å². The predicted molar refractivity (Wildman–Crippen MR) is 246 cm³/mol. The van der Waals surface area contributed by atoms with E-state index in [-0.39, 0.29) is 25.6 Å². The van der Waals surface area contributed by atoms with Crippen molar-refractivity contribution in [2.24, 2.45) is 0 Å². The zero-order valence-electron chi connectivity index (χ0n) is 37.4. The molecular weight excluding hydrogens is 757 g/mol. The summed E-state index contributed by atoms with van der Waals surface area (Å²) in [7, 11) is 0. The smallest absolute Gasteiger partial charge is 0.306 e. The first-order valence-electron chi connectivity index (χ1n) is 23.3. The van der Waals surface area contributed by atoms with E-state index in [1.165, 1.54) is 38.5 Å². The number of ether oxygens (including phenoxy) is 4. The summed E-state index contributed by atoms with van der Waals surface area (Å²) >= 11 is 0. The lowest BCUT2D eigenvalue weighted by atomic mass is 9.99. The molecular formula is C51H84O9. The van der Waals surface area contributed by atoms with Gasteiger partial charge in [0.25, 0.3) is 0 Å². The van der Waals surface area contributed by atoms with Crippen LogP contribution < -0.4 is 0 Å². The highest BCUT2D eigenvalue weighted by Gasteiger charge is 2.44. The third kappa shape index (κ3) is 31.9. The minimum atomic E-state index is -1.55. The van der Waals surface area contributed by atoms with E-state index in [4.69, 9.17) is 18.9 Å². The van der Waals surface area contributed by atoms with E-state index in [1.54, 1.807) is 0 Å². The Kier molecular flexibility index (Phi) is 38.1. The SMILES string of the molecule is CC/C=C\C/C=C\C/C=C\C/C=C\C/C=C\CCCCOCC(COC1OC(CO)C(O)C(O)C1O)OC(=O)CCCCCCCC/C=C\C/C=C\C/C=C\CCCCC. The second-order valence-electron chi connectivity index (χ2n) is 15.5. The van der Waals surface area contributed by atoms with Crippen molar-refractivity contribution in [1.82, 2.24) is 0 Å². The van der Waals surface area contributed by atoms with E-state index < -0.39 is 43.4 Å². The standard InChI is InChI=1S/C51H84O9/c1-3-5-7-9-11-13-15-17-19-21-23-24-26-28-30-32-34-36-38-40-47(53)59-45(44-58-51-50(56)49(55)48(54)46(42-52)60-51)43-57-41-39-37-35-33-31-29-27-25-22-20-18-16-14-12-10-8-6-4-2/h6,8,11-14,17-20,23-25,27,31,33,45-46,48-52,54-56H,3-5,7,9-10,15-16,21-22,26,28-30,32,34-44H2,1-2H3/b8-6-,13-11-,14-12-,19-17-,20-18-,24-23-,27-25-,33-31-. The van der Waals surface area contributed by atoms with Gasteiger partial charge in [-0.1, -0.05) is 150 Å². The number of allylic oxidation sites excluding steroid dienone is 16. The van der Waals surface area contributed by atoms with E-state index in [1.807, 2.05) is 0 Å². The Morgan fingerprint density at radius 2 is 1.02 bits per heavy atom. The van der Waals surface area contributed by atoms with Crippen molar-refractivity contribution < 1.29 is 44.2 Å². The number of rotatable bonds is 38. The molecule has 60 heavy (non-hydrogen) atoms. The number of hydrogen-bond donors (Lipinski definition) is 4. The maximum atomic E-state index is 12.8. The van der Waals surface area contributed by atoms with E-state index >= 15 is 0 Å². The Morgan fingerprint density at radius 3 is 1.53 bits per heavy atom. The van der Waals surface area contributed by atoms with Crippen molar-refractivity contribution in [3.05, 3.63) is 97.2 Å². The third-order valence-corrected chi connectivity index (χ3v) is 9.98. The van der Waals surface area contributed by atoms with Crippen LogP contribution in [0.15, 0.2) is 97.2 Å². The average molecular weight is 841 g/mol. The van der Waals surface area contributed by atoms with Crippen LogP contribution in [0.3, 0.4) is 0 Å². The van der Waals surface area contributed by atoms with Crippen LogP contribution in [0.5, 0.6) is 0 Å². The average Bonchev–Trinajstić information content (AvgIpc) is 3.25. The van der Waals surface area contributed by atoms with Crippen LogP contribution in [0.2, 0.25) is 0 Å². The van der Waals surface area contributed by atoms with Crippen LogP contribution in [0, 0.1) is 0 Å². The molecule has 9 heteroatoms. The molecule has 0 aromatic carbocycles. The topological polar surface area (TPSA) is 135 Å². The van der Waals surface area contributed by atoms with E-state index in [0.29, 0.717) is 6.61 Å². The summed E-state index contributed by atoms with van der Waals surface area (Å²) in [6, 6.07) is 0. The molecule has 0 aliphatic carbocycles. The zero-order chi connectivity index (χ0) is 43.6. The van der Waals surface area contributed by atoms with Crippen LogP contribution in [-0.2, 0) is 23.7 Å². The maximum absolute atomic E-state index is 12.8. The minimum absolute atomic E-state index is 0.103. The van der Waals surface area contributed by atoms with Crippen molar-refractivity contribution in [3.8, 4) is 0 Å². The predicted octanol–water partition coefficient (Wildman–Crippen LogP) is 10.8. The number of carbonyl (C=O) groups is 1. The molecule has 1 aliphatic heterocycles. The number of aliphatic hydroxyl groups excluding tert-OH is 4. The second kappa shape index (κ2) is 41.5. The Balaban J connectivity index is 2.32. The molecule has 0 aromatic heterocycles. The van der Waals surface area contributed by atoms with E-state index in [9.17, 15) is 25.2 Å². The van der Waals surface area contributed by atoms with Gasteiger partial charge >= 0.3 is 5.97 Å². The van der Waals surface area contributed by atoms with Gasteiger partial charge < -0.3 is 39.4 Å². The number of unbranched alkanes of at least 4 members (excludes halogenated alkanes) is 11. The first-order valence-corrected chi connectivity index (χ1v) is 23.3. The first-order chi connectivity index (χ1) is 29.4. The lowest BCUT2D eigenvalue weighted by Crippen LogP contribution is -2.59. The summed E-state index contributed by atoms with van der Waals surface area (Å²) in [5.74, 6) is -0.346. The molecule has 9 nitrogen and oxygen atoms in total. The fourth-order valence-corrected chi connectivity index (χ4v) is 6.35. The fourth-order valence-electron chi connectivity index (χ4n) is 6.35. The molecule has 1 saturated heterocycles. The fraction of sp³-hybridized carbons (Fsp3) is 0.667. The quantitative estimate of drug-likeness (QED) is 0.0272. The number of aliphatic hydroxyl groups is 4. The maximum Gasteiger partial charge on any atom is 0.306 e. The molecule has 1 heterocycles. The van der Waals surface area contributed by atoms with Gasteiger partial charge in [0.05, 0.1) is 19.8 Å². The Bertz CT molecular complexity index is 1230. The summed E-state index contributed by atoms with van der Waals surface area (Å²) < 4.78 is 22.8. The minimum Gasteiger partial charge on any atom is -0.457 e. The van der Waals surface area contributed by atoms with Crippen molar-refractivity contribution in [1.29, 1.82) is 0 Å². The van der Waals surface area contributed by atoms with Gasteiger partial charge in [0.15, 0.2) is 6.29 Å². The molecule has 0 radical (unpaired) electrons. The van der Waals surface area contributed by atoms with Crippen LogP contribution in [-0.4, -0.2) is 89.6 Å². The summed E-state index contributed by atoms with van der Waals surface area (Å²) in [5, 5.41) is 40.2. The molecule has 0 amide bonds. The van der Waals surface area contributed by atoms with Gasteiger partial charge in [0.1, 0.15) is 30.5 Å². The highest BCUT2D eigenvalue weighted by Crippen LogP contribution is 2.22. The van der Waals surface area contributed by atoms with Gasteiger partial charge in [-0.3, -0.25) is 4.79 Å². The molecule has 4 N–H and O–H groups in total. The first kappa shape index (κ1) is 55.1. The molecule has 1 fully saturated rings. The Morgan fingerprint density at radius 1 is 0.550 bits per heavy atom. The number of esters is 1. The Hall–Kier alpha value is -2.89. The lowest BCUT2D eigenvalue weighted by molar-refractivity contribution is -0.305. The van der Waals surface area contributed by atoms with Gasteiger partial charge in [-0.2, -0.15) is 0 Å². The normalized spacial score (nSPS) is 20.9. The van der Waals surface area contributed by atoms with E-state index in [2.05, 4.69) is 111 Å². The third-order valence-electron chi connectivity index (χ3n) is 9.98. The highest BCUT2D eigenvalue weighted by atomic mass is 16.7. The van der Waals surface area contributed by atoms with Crippen molar-refractivity contribution in [2.75, 3.05) is 26.4 Å². The van der Waals surface area contributed by atoms with Crippen molar-refractivity contribution in [3.63, 3.8) is 0 Å². The lowest BCUT2D eigenvalue weighted by Gasteiger charge is -2.39. The summed E-state index contributed by atoms with van der Waals surface area (Å²) in [4.78, 5) is 12.8. The molecule has 0 aromatic rings. The molecule has 1 aliphatic rings. The molecule has 0 spiro atoms. The van der Waals surface area contributed by atoms with Gasteiger partial charge in [-0.05, 0) is 96.3 Å². The van der Waals surface area contributed by atoms with Gasteiger partial charge in [-0.15, -0.1) is 0 Å². The molecule has 6 unspecified atom stereocenters. The number of carbonyl (C=O) groups excluding carboxylic acids is 1. The molecule has 1 rings (SSSR count). The largest absolute Gasteiger partial charge is 0.457 e. The van der Waals surface area contributed by atoms with Crippen LogP contribution in [0.4, 0.5) is 0 Å². The number of hydrogen-bond acceptors (Lipinski definition) is 9. The van der Waals surface area contributed by atoms with Gasteiger partial charge in [-0.25, -0.2) is 0 Å². The van der Waals surface area contributed by atoms with Crippen molar-refractivity contribution >= 4 is 5.97 Å². The van der Waals surface area contributed by atoms with Gasteiger partial charge in [0, 0.05) is 13.0 Å². The second-order valence-corrected chi connectivity index (χ2v) is 15.5. The summed E-state index contributed by atoms with van der Waals surface area (Å²) in [6.45, 7) is 4.27. The Labute approximate surface area is 364 Å². The van der Waals surface area contributed by atoms with Crippen molar-refractivity contribution in [2.45, 2.75) is 192 Å². The van der Waals surface area contributed by atoms with E-state index in [0.717, 1.165) is 96.3 Å². The van der Waals surface area contributed by atoms with Gasteiger partial charge in [0.2, 0.25) is 0 Å². The molecule has 0 saturated carbocycles. The molecule has 6 atom stereocenters.